The predicted octanol–water partition coefficient (Wildman–Crippen LogP) is 4.01. The Morgan fingerprint density at radius 1 is 1.21 bits per heavy atom. The maximum Gasteiger partial charge on any atom is 0.420 e. The monoisotopic (exact) mass is 344 g/mol. The zero-order valence-electron chi connectivity index (χ0n) is 13.4. The summed E-state index contributed by atoms with van der Waals surface area (Å²) >= 11 is 5.83. The number of hydrogen-bond donors (Lipinski definition) is 1. The number of nitrogens with one attached hydrogen (secondary N) is 1. The molecule has 3 aromatic rings. The fraction of sp³-hybridized carbons (Fsp3) is 0.222. The van der Waals surface area contributed by atoms with Crippen LogP contribution in [0.2, 0.25) is 5.02 Å². The molecule has 1 amide bonds. The van der Waals surface area contributed by atoms with Gasteiger partial charge in [0.25, 0.3) is 0 Å². The van der Waals surface area contributed by atoms with Crippen LogP contribution < -0.4 is 11.1 Å². The van der Waals surface area contributed by atoms with Gasteiger partial charge in [-0.05, 0) is 43.7 Å². The number of oxazole rings is 1. The van der Waals surface area contributed by atoms with Crippen LogP contribution in [0.1, 0.15) is 25.5 Å². The van der Waals surface area contributed by atoms with Crippen molar-refractivity contribution in [3.8, 4) is 0 Å². The minimum Gasteiger partial charge on any atom is -0.408 e. The van der Waals surface area contributed by atoms with Crippen molar-refractivity contribution in [2.75, 3.05) is 5.32 Å². The summed E-state index contributed by atoms with van der Waals surface area (Å²) in [5, 5.41) is 3.45. The molecule has 1 aromatic heterocycles. The van der Waals surface area contributed by atoms with Gasteiger partial charge in [-0.1, -0.05) is 23.7 Å². The van der Waals surface area contributed by atoms with Gasteiger partial charge in [0.15, 0.2) is 5.58 Å². The smallest absolute Gasteiger partial charge is 0.408 e. The van der Waals surface area contributed by atoms with Crippen molar-refractivity contribution < 1.29 is 9.21 Å². The minimum atomic E-state index is -0.398. The van der Waals surface area contributed by atoms with E-state index in [4.69, 9.17) is 16.0 Å². The maximum absolute atomic E-state index is 12.1. The fourth-order valence-electron chi connectivity index (χ4n) is 2.60. The molecular weight excluding hydrogens is 328 g/mol. The summed E-state index contributed by atoms with van der Waals surface area (Å²) in [6.45, 7) is 3.83. The van der Waals surface area contributed by atoms with Crippen LogP contribution in [0, 0.1) is 0 Å². The minimum absolute atomic E-state index is 0.00379. The van der Waals surface area contributed by atoms with Gasteiger partial charge in [0.05, 0.1) is 11.9 Å². The van der Waals surface area contributed by atoms with Gasteiger partial charge in [0.1, 0.15) is 0 Å². The van der Waals surface area contributed by atoms with Gasteiger partial charge in [-0.25, -0.2) is 4.79 Å². The van der Waals surface area contributed by atoms with Crippen LogP contribution in [-0.4, -0.2) is 10.5 Å². The molecule has 0 bridgehead atoms. The number of benzene rings is 2. The van der Waals surface area contributed by atoms with Gasteiger partial charge in [-0.15, -0.1) is 0 Å². The maximum atomic E-state index is 12.1. The molecule has 24 heavy (non-hydrogen) atoms. The number of amides is 1. The first-order valence-electron chi connectivity index (χ1n) is 7.63. The number of carbonyl (C=O) groups is 1. The Kier molecular flexibility index (Phi) is 4.44. The van der Waals surface area contributed by atoms with E-state index in [-0.39, 0.29) is 18.4 Å². The van der Waals surface area contributed by atoms with Crippen LogP contribution in [0.3, 0.4) is 0 Å². The van der Waals surface area contributed by atoms with Crippen molar-refractivity contribution in [2.24, 2.45) is 0 Å². The third-order valence-corrected chi connectivity index (χ3v) is 3.94. The van der Waals surface area contributed by atoms with Gasteiger partial charge >= 0.3 is 5.76 Å². The molecule has 0 saturated carbocycles. The van der Waals surface area contributed by atoms with Crippen LogP contribution in [0.25, 0.3) is 11.1 Å². The summed E-state index contributed by atoms with van der Waals surface area (Å²) in [6.07, 6.45) is 0.242. The number of aromatic nitrogens is 1. The van der Waals surface area contributed by atoms with Crippen LogP contribution in [0.15, 0.2) is 51.7 Å². The lowest BCUT2D eigenvalue weighted by atomic mass is 10.1. The number of anilines is 1. The second kappa shape index (κ2) is 6.53. The molecule has 0 aliphatic rings. The Labute approximate surface area is 143 Å². The van der Waals surface area contributed by atoms with Gasteiger partial charge in [-0.2, -0.15) is 0 Å². The molecule has 0 fully saturated rings. The molecule has 2 aromatic carbocycles. The first-order valence-corrected chi connectivity index (χ1v) is 8.01. The summed E-state index contributed by atoms with van der Waals surface area (Å²) in [5.41, 5.74) is 2.63. The number of rotatable bonds is 4. The summed E-state index contributed by atoms with van der Waals surface area (Å²) in [6, 6.07) is 12.3. The molecule has 0 saturated heterocycles. The molecule has 1 N–H and O–H groups in total. The number of carbonyl (C=O) groups excluding carboxylic acids is 1. The topological polar surface area (TPSA) is 64.2 Å². The lowest BCUT2D eigenvalue weighted by Gasteiger charge is -2.07. The van der Waals surface area contributed by atoms with E-state index in [1.54, 1.807) is 34.9 Å². The number of hydrogen-bond acceptors (Lipinski definition) is 3. The average Bonchev–Trinajstić information content (AvgIpc) is 2.84. The Balaban J connectivity index is 1.79. The summed E-state index contributed by atoms with van der Waals surface area (Å²) in [4.78, 5) is 24.0. The van der Waals surface area contributed by atoms with Gasteiger partial charge in [0, 0.05) is 22.8 Å². The first kappa shape index (κ1) is 16.3. The highest BCUT2D eigenvalue weighted by atomic mass is 35.5. The molecule has 0 atom stereocenters. The van der Waals surface area contributed by atoms with Crippen molar-refractivity contribution in [1.82, 2.24) is 4.57 Å². The molecule has 124 valence electrons. The van der Waals surface area contributed by atoms with E-state index in [9.17, 15) is 9.59 Å². The third-order valence-electron chi connectivity index (χ3n) is 3.69. The van der Waals surface area contributed by atoms with Crippen molar-refractivity contribution in [3.05, 3.63) is 63.6 Å². The van der Waals surface area contributed by atoms with E-state index in [1.807, 2.05) is 26.0 Å². The van der Waals surface area contributed by atoms with Gasteiger partial charge in [0.2, 0.25) is 5.91 Å². The van der Waals surface area contributed by atoms with E-state index in [2.05, 4.69) is 5.32 Å². The first-order chi connectivity index (χ1) is 11.4. The van der Waals surface area contributed by atoms with Crippen molar-refractivity contribution in [2.45, 2.75) is 26.3 Å². The number of nitrogens with zero attached hydrogens (tertiary/aromatic N) is 1. The largest absolute Gasteiger partial charge is 0.420 e. The highest BCUT2D eigenvalue weighted by Crippen LogP contribution is 2.21. The molecule has 0 aliphatic carbocycles. The van der Waals surface area contributed by atoms with Crippen LogP contribution in [0.4, 0.5) is 5.69 Å². The van der Waals surface area contributed by atoms with E-state index in [0.717, 1.165) is 5.56 Å². The Morgan fingerprint density at radius 3 is 2.58 bits per heavy atom. The molecule has 3 rings (SSSR count). The zero-order valence-corrected chi connectivity index (χ0v) is 14.1. The Bertz CT molecular complexity index is 939. The average molecular weight is 345 g/mol. The highest BCUT2D eigenvalue weighted by Gasteiger charge is 2.13. The predicted molar refractivity (Wildman–Crippen MR) is 94.6 cm³/mol. The summed E-state index contributed by atoms with van der Waals surface area (Å²) in [7, 11) is 0. The molecule has 1 heterocycles. The second-order valence-corrected chi connectivity index (χ2v) is 6.30. The van der Waals surface area contributed by atoms with Crippen LogP contribution >= 0.6 is 11.6 Å². The van der Waals surface area contributed by atoms with Gasteiger partial charge < -0.3 is 9.73 Å². The molecule has 0 spiro atoms. The molecular formula is C18H17ClN2O3. The molecule has 6 heteroatoms. The van der Waals surface area contributed by atoms with E-state index in [1.165, 1.54) is 0 Å². The van der Waals surface area contributed by atoms with Crippen LogP contribution in [-0.2, 0) is 11.2 Å². The lowest BCUT2D eigenvalue weighted by molar-refractivity contribution is -0.115. The molecule has 0 aliphatic heterocycles. The third kappa shape index (κ3) is 3.36. The molecule has 0 unspecified atom stereocenters. The zero-order chi connectivity index (χ0) is 17.3. The van der Waals surface area contributed by atoms with E-state index in [0.29, 0.717) is 21.8 Å². The van der Waals surface area contributed by atoms with E-state index < -0.39 is 5.76 Å². The summed E-state index contributed by atoms with van der Waals surface area (Å²) in [5.74, 6) is -0.549. The SMILES string of the molecule is CC(C)n1c(=O)oc2cc(NC(=O)Cc3ccc(Cl)cc3)ccc21. The van der Waals surface area contributed by atoms with Crippen molar-refractivity contribution >= 4 is 34.3 Å². The normalized spacial score (nSPS) is 11.2. The lowest BCUT2D eigenvalue weighted by Crippen LogP contribution is -2.16. The quantitative estimate of drug-likeness (QED) is 0.777. The second-order valence-electron chi connectivity index (χ2n) is 5.87. The molecule has 0 radical (unpaired) electrons. The molecule has 5 nitrogen and oxygen atoms in total. The van der Waals surface area contributed by atoms with Gasteiger partial charge in [-0.3, -0.25) is 9.36 Å². The van der Waals surface area contributed by atoms with E-state index >= 15 is 0 Å². The van der Waals surface area contributed by atoms with Crippen molar-refractivity contribution in [3.63, 3.8) is 0 Å². The standard InChI is InChI=1S/C18H17ClN2O3/c1-11(2)21-15-8-7-14(10-16(15)24-18(21)23)20-17(22)9-12-3-5-13(19)6-4-12/h3-8,10-11H,9H2,1-2H3,(H,20,22). The Morgan fingerprint density at radius 2 is 1.92 bits per heavy atom. The summed E-state index contributed by atoms with van der Waals surface area (Å²) < 4.78 is 6.83. The highest BCUT2D eigenvalue weighted by molar-refractivity contribution is 6.30. The Hall–Kier alpha value is -2.53. The van der Waals surface area contributed by atoms with Crippen LogP contribution in [0.5, 0.6) is 0 Å². The number of halogens is 1. The van der Waals surface area contributed by atoms with Crippen molar-refractivity contribution in [1.29, 1.82) is 0 Å². The number of fused-ring (bicyclic) bond motifs is 1. The fourth-order valence-corrected chi connectivity index (χ4v) is 2.72.